The highest BCUT2D eigenvalue weighted by molar-refractivity contribution is 6.30. The molecule has 1 saturated heterocycles. The van der Waals surface area contributed by atoms with Gasteiger partial charge in [-0.2, -0.15) is 5.10 Å². The predicted molar refractivity (Wildman–Crippen MR) is 150 cm³/mol. The van der Waals surface area contributed by atoms with Crippen LogP contribution in [0.25, 0.3) is 39.2 Å². The molecule has 1 aliphatic heterocycles. The molecule has 1 fully saturated rings. The molecule has 5 aromatic rings. The summed E-state index contributed by atoms with van der Waals surface area (Å²) in [5.41, 5.74) is 2.95. The van der Waals surface area contributed by atoms with Gasteiger partial charge >= 0.3 is 0 Å². The van der Waals surface area contributed by atoms with Gasteiger partial charge in [0.05, 0.1) is 34.6 Å². The number of para-hydroxylation sites is 1. The van der Waals surface area contributed by atoms with Crippen LogP contribution in [0.5, 0.6) is 5.75 Å². The van der Waals surface area contributed by atoms with Crippen LogP contribution in [-0.4, -0.2) is 67.5 Å². The van der Waals surface area contributed by atoms with Crippen molar-refractivity contribution in [3.05, 3.63) is 100 Å². The van der Waals surface area contributed by atoms with Gasteiger partial charge in [0.15, 0.2) is 0 Å². The molecule has 0 unspecified atom stereocenters. The Morgan fingerprint density at radius 1 is 0.927 bits per heavy atom. The van der Waals surface area contributed by atoms with E-state index in [9.17, 15) is 25.2 Å². The zero-order valence-corrected chi connectivity index (χ0v) is 22.1. The van der Waals surface area contributed by atoms with Crippen LogP contribution in [0, 0.1) is 0 Å². The number of aliphatic hydroxyl groups excluding tert-OH is 4. The average molecular weight is 577 g/mol. The standard InChI is InChI=1S/C30H25ClN2O8/c31-17-8-6-16(7-9-17)22-13-23(33(32-22)18-4-2-1-3-5-18)21-15-39-24-12-19(10-11-20(24)26(21)35)40-30-29(38)28(37)27(36)25(14-34)41-30/h1-13,15,25,27-30,34,36-38H,14H2/t25-,27-,28+,29-,30-/m1/s1. The fourth-order valence-corrected chi connectivity index (χ4v) is 4.88. The van der Waals surface area contributed by atoms with Gasteiger partial charge in [0, 0.05) is 16.7 Å². The number of aliphatic hydroxyl groups is 4. The maximum Gasteiger partial charge on any atom is 0.229 e. The molecule has 11 heteroatoms. The Morgan fingerprint density at radius 3 is 2.41 bits per heavy atom. The minimum atomic E-state index is -1.58. The second-order valence-corrected chi connectivity index (χ2v) is 10.1. The van der Waals surface area contributed by atoms with Crippen LogP contribution >= 0.6 is 11.6 Å². The van der Waals surface area contributed by atoms with Crippen LogP contribution in [0.15, 0.2) is 94.3 Å². The molecule has 2 aromatic heterocycles. The summed E-state index contributed by atoms with van der Waals surface area (Å²) in [6.07, 6.45) is -5.81. The van der Waals surface area contributed by atoms with E-state index in [1.54, 1.807) is 16.8 Å². The van der Waals surface area contributed by atoms with Crippen molar-refractivity contribution < 1.29 is 34.3 Å². The van der Waals surface area contributed by atoms with Crippen LogP contribution in [0.2, 0.25) is 5.02 Å². The number of fused-ring (bicyclic) bond motifs is 1. The van der Waals surface area contributed by atoms with E-state index in [0.717, 1.165) is 11.3 Å². The first-order chi connectivity index (χ1) is 19.8. The fraction of sp³-hybridized carbons (Fsp3) is 0.200. The first kappa shape index (κ1) is 27.2. The molecule has 0 radical (unpaired) electrons. The molecule has 3 aromatic carbocycles. The summed E-state index contributed by atoms with van der Waals surface area (Å²) in [5.74, 6) is 0.178. The Balaban J connectivity index is 1.37. The number of ether oxygens (including phenoxy) is 2. The third kappa shape index (κ3) is 5.13. The topological polar surface area (TPSA) is 147 Å². The van der Waals surface area contributed by atoms with E-state index in [2.05, 4.69) is 0 Å². The van der Waals surface area contributed by atoms with Crippen LogP contribution in [-0.2, 0) is 4.74 Å². The summed E-state index contributed by atoms with van der Waals surface area (Å²) in [6.45, 7) is -0.584. The number of aromatic nitrogens is 2. The largest absolute Gasteiger partial charge is 0.463 e. The first-order valence-electron chi connectivity index (χ1n) is 12.8. The summed E-state index contributed by atoms with van der Waals surface area (Å²) >= 11 is 6.06. The lowest BCUT2D eigenvalue weighted by Crippen LogP contribution is -2.60. The zero-order valence-electron chi connectivity index (χ0n) is 21.4. The molecular formula is C30H25ClN2O8. The number of halogens is 1. The van der Waals surface area contributed by atoms with Crippen molar-refractivity contribution in [2.45, 2.75) is 30.7 Å². The Labute approximate surface area is 238 Å². The van der Waals surface area contributed by atoms with Gasteiger partial charge in [0.25, 0.3) is 0 Å². The summed E-state index contributed by atoms with van der Waals surface area (Å²) in [5, 5.41) is 45.4. The highest BCUT2D eigenvalue weighted by Gasteiger charge is 2.44. The van der Waals surface area contributed by atoms with E-state index in [1.165, 1.54) is 24.5 Å². The van der Waals surface area contributed by atoms with Gasteiger partial charge in [-0.05, 0) is 42.5 Å². The lowest BCUT2D eigenvalue weighted by molar-refractivity contribution is -0.277. The van der Waals surface area contributed by atoms with Gasteiger partial charge in [-0.15, -0.1) is 0 Å². The number of rotatable bonds is 6. The molecule has 41 heavy (non-hydrogen) atoms. The molecule has 0 spiro atoms. The summed E-state index contributed by atoms with van der Waals surface area (Å²) in [4.78, 5) is 13.7. The molecule has 3 heterocycles. The highest BCUT2D eigenvalue weighted by atomic mass is 35.5. The smallest absolute Gasteiger partial charge is 0.229 e. The van der Waals surface area contributed by atoms with Gasteiger partial charge in [0.2, 0.25) is 11.7 Å². The van der Waals surface area contributed by atoms with Gasteiger partial charge in [-0.25, -0.2) is 4.68 Å². The lowest BCUT2D eigenvalue weighted by Gasteiger charge is -2.39. The minimum absolute atomic E-state index is 0.178. The Hall–Kier alpha value is -4.03. The van der Waals surface area contributed by atoms with Gasteiger partial charge in [-0.3, -0.25) is 4.79 Å². The van der Waals surface area contributed by atoms with E-state index in [1.807, 2.05) is 48.5 Å². The van der Waals surface area contributed by atoms with E-state index < -0.39 is 37.3 Å². The van der Waals surface area contributed by atoms with Crippen LogP contribution in [0.4, 0.5) is 0 Å². The molecule has 0 saturated carbocycles. The van der Waals surface area contributed by atoms with E-state index >= 15 is 0 Å². The van der Waals surface area contributed by atoms with Crippen molar-refractivity contribution >= 4 is 22.6 Å². The quantitative estimate of drug-likeness (QED) is 0.239. The molecule has 1 aliphatic rings. The second kappa shape index (κ2) is 11.1. The van der Waals surface area contributed by atoms with Crippen LogP contribution < -0.4 is 10.2 Å². The van der Waals surface area contributed by atoms with E-state index in [-0.39, 0.29) is 27.7 Å². The molecule has 4 N–H and O–H groups in total. The molecule has 0 amide bonds. The zero-order chi connectivity index (χ0) is 28.7. The minimum Gasteiger partial charge on any atom is -0.463 e. The third-order valence-electron chi connectivity index (χ3n) is 6.97. The van der Waals surface area contributed by atoms with Gasteiger partial charge < -0.3 is 34.3 Å². The molecule has 0 bridgehead atoms. The van der Waals surface area contributed by atoms with Crippen LogP contribution in [0.3, 0.4) is 0 Å². The maximum atomic E-state index is 13.7. The number of hydrogen-bond acceptors (Lipinski definition) is 9. The predicted octanol–water partition coefficient (Wildman–Crippen LogP) is 3.14. The van der Waals surface area contributed by atoms with Gasteiger partial charge in [0.1, 0.15) is 42.0 Å². The maximum absolute atomic E-state index is 13.7. The van der Waals surface area contributed by atoms with E-state index in [0.29, 0.717) is 16.4 Å². The Bertz CT molecular complexity index is 1740. The highest BCUT2D eigenvalue weighted by Crippen LogP contribution is 2.31. The third-order valence-corrected chi connectivity index (χ3v) is 7.22. The molecule has 10 nitrogen and oxygen atoms in total. The SMILES string of the molecule is O=c1c(-c2cc(-c3ccc(Cl)cc3)nn2-c2ccccc2)coc2cc(O[C@@H]3O[C@H](CO)[C@@H](O)[C@H](O)[C@H]3O)ccc12. The number of benzene rings is 3. The summed E-state index contributed by atoms with van der Waals surface area (Å²) in [7, 11) is 0. The molecule has 5 atom stereocenters. The Kier molecular flexibility index (Phi) is 7.35. The lowest BCUT2D eigenvalue weighted by atomic mass is 9.99. The number of hydrogen-bond donors (Lipinski definition) is 4. The monoisotopic (exact) mass is 576 g/mol. The normalized spacial score (nSPS) is 22.6. The molecule has 0 aliphatic carbocycles. The molecular weight excluding hydrogens is 552 g/mol. The second-order valence-electron chi connectivity index (χ2n) is 9.62. The first-order valence-corrected chi connectivity index (χ1v) is 13.2. The fourth-order valence-electron chi connectivity index (χ4n) is 4.76. The van der Waals surface area contributed by atoms with Crippen molar-refractivity contribution in [1.82, 2.24) is 9.78 Å². The Morgan fingerprint density at radius 2 is 1.68 bits per heavy atom. The van der Waals surface area contributed by atoms with Gasteiger partial charge in [-0.1, -0.05) is 41.9 Å². The van der Waals surface area contributed by atoms with Crippen molar-refractivity contribution in [3.63, 3.8) is 0 Å². The van der Waals surface area contributed by atoms with Crippen LogP contribution in [0.1, 0.15) is 0 Å². The summed E-state index contributed by atoms with van der Waals surface area (Å²) < 4.78 is 18.6. The molecule has 210 valence electrons. The van der Waals surface area contributed by atoms with Crippen molar-refractivity contribution in [2.24, 2.45) is 0 Å². The van der Waals surface area contributed by atoms with Crippen molar-refractivity contribution in [3.8, 4) is 34.0 Å². The molecule has 6 rings (SSSR count). The number of nitrogens with zero attached hydrogens (tertiary/aromatic N) is 2. The average Bonchev–Trinajstić information content (AvgIpc) is 3.43. The van der Waals surface area contributed by atoms with E-state index in [4.69, 9.17) is 30.6 Å². The van der Waals surface area contributed by atoms with Crippen molar-refractivity contribution in [2.75, 3.05) is 6.61 Å². The van der Waals surface area contributed by atoms with Crippen molar-refractivity contribution in [1.29, 1.82) is 0 Å². The summed E-state index contributed by atoms with van der Waals surface area (Å²) in [6, 6.07) is 22.9.